The zero-order chi connectivity index (χ0) is 14.2. The van der Waals surface area contributed by atoms with Gasteiger partial charge in [-0.25, -0.2) is 9.59 Å². The van der Waals surface area contributed by atoms with Gasteiger partial charge in [-0.1, -0.05) is 20.8 Å². The van der Waals surface area contributed by atoms with Crippen LogP contribution in [-0.4, -0.2) is 11.1 Å². The van der Waals surface area contributed by atoms with Gasteiger partial charge in [0.15, 0.2) is 6.23 Å². The molecule has 2 heterocycles. The lowest BCUT2D eigenvalue weighted by Crippen LogP contribution is -2.39. The van der Waals surface area contributed by atoms with Crippen LogP contribution >= 0.6 is 0 Å². The number of carbonyl (C=O) groups excluding carboxylic acids is 1. The van der Waals surface area contributed by atoms with E-state index in [4.69, 9.17) is 4.42 Å². The van der Waals surface area contributed by atoms with Crippen molar-refractivity contribution in [2.45, 2.75) is 39.8 Å². The summed E-state index contributed by atoms with van der Waals surface area (Å²) in [6.07, 6.45) is 0.332. The van der Waals surface area contributed by atoms with Gasteiger partial charge in [0.2, 0.25) is 5.88 Å². The predicted molar refractivity (Wildman–Crippen MR) is 69.9 cm³/mol. The van der Waals surface area contributed by atoms with E-state index in [2.05, 4.69) is 31.4 Å². The van der Waals surface area contributed by atoms with Gasteiger partial charge in [0.1, 0.15) is 0 Å². The number of aryl methyl sites for hydroxylation is 1. The third kappa shape index (κ3) is 3.14. The topological polar surface area (TPSA) is 91.6 Å². The summed E-state index contributed by atoms with van der Waals surface area (Å²) in [7, 11) is 0. The molecule has 1 unspecified atom stereocenters. The smallest absolute Gasteiger partial charge is 0.337 e. The van der Waals surface area contributed by atoms with Crippen LogP contribution in [0.5, 0.6) is 0 Å². The van der Waals surface area contributed by atoms with Gasteiger partial charge in [0.05, 0.1) is 5.56 Å². The summed E-state index contributed by atoms with van der Waals surface area (Å²) in [6.45, 7) is 6.30. The van der Waals surface area contributed by atoms with Crippen molar-refractivity contribution in [2.75, 3.05) is 5.32 Å². The molecule has 6 nitrogen and oxygen atoms in total. The van der Waals surface area contributed by atoms with E-state index in [0.717, 1.165) is 6.42 Å². The van der Waals surface area contributed by atoms with Crippen molar-refractivity contribution in [1.82, 2.24) is 5.32 Å². The fourth-order valence-electron chi connectivity index (χ4n) is 2.00. The predicted octanol–water partition coefficient (Wildman–Crippen LogP) is 1.74. The highest BCUT2D eigenvalue weighted by molar-refractivity contribution is 5.91. The van der Waals surface area contributed by atoms with Gasteiger partial charge in [-0.15, -0.1) is 0 Å². The second kappa shape index (κ2) is 4.70. The van der Waals surface area contributed by atoms with Crippen LogP contribution in [0.15, 0.2) is 15.3 Å². The minimum absolute atomic E-state index is 0.0349. The quantitative estimate of drug-likeness (QED) is 0.760. The van der Waals surface area contributed by atoms with Crippen molar-refractivity contribution in [3.8, 4) is 0 Å². The molecule has 2 rings (SSSR count). The standard InChI is InChI=1S/C13H18N2O4/c1-13(2,3)5-4-7-6-8(16)19-11-9(7)10(17)14-12(18)15-11/h6,10,17H,4-5H2,1-3H3,(H2,14,15,18). The maximum Gasteiger partial charge on any atom is 0.337 e. The summed E-state index contributed by atoms with van der Waals surface area (Å²) in [5.74, 6) is 0.0349. The van der Waals surface area contributed by atoms with E-state index in [-0.39, 0.29) is 11.3 Å². The van der Waals surface area contributed by atoms with Gasteiger partial charge in [-0.05, 0) is 23.8 Å². The highest BCUT2D eigenvalue weighted by Crippen LogP contribution is 2.30. The fourth-order valence-corrected chi connectivity index (χ4v) is 2.00. The van der Waals surface area contributed by atoms with E-state index in [1.54, 1.807) is 0 Å². The van der Waals surface area contributed by atoms with E-state index >= 15 is 0 Å². The first kappa shape index (κ1) is 13.6. The minimum Gasteiger partial charge on any atom is -0.406 e. The van der Waals surface area contributed by atoms with Crippen LogP contribution in [0.3, 0.4) is 0 Å². The minimum atomic E-state index is -1.15. The van der Waals surface area contributed by atoms with Gasteiger partial charge in [0, 0.05) is 6.07 Å². The Morgan fingerprint density at radius 2 is 2.05 bits per heavy atom. The lowest BCUT2D eigenvalue weighted by molar-refractivity contribution is 0.139. The van der Waals surface area contributed by atoms with Gasteiger partial charge in [0.25, 0.3) is 0 Å². The van der Waals surface area contributed by atoms with Crippen molar-refractivity contribution in [3.05, 3.63) is 27.6 Å². The first-order valence-electron chi connectivity index (χ1n) is 6.19. The summed E-state index contributed by atoms with van der Waals surface area (Å²) < 4.78 is 4.93. The molecule has 0 fully saturated rings. The molecule has 1 aliphatic rings. The van der Waals surface area contributed by atoms with Crippen LogP contribution in [0.1, 0.15) is 44.5 Å². The van der Waals surface area contributed by atoms with E-state index in [1.807, 2.05) is 0 Å². The molecule has 0 spiro atoms. The van der Waals surface area contributed by atoms with E-state index in [0.29, 0.717) is 17.5 Å². The molecule has 3 N–H and O–H groups in total. The normalized spacial score (nSPS) is 18.5. The van der Waals surface area contributed by atoms with Gasteiger partial charge < -0.3 is 14.8 Å². The first-order valence-corrected chi connectivity index (χ1v) is 6.19. The monoisotopic (exact) mass is 266 g/mol. The number of anilines is 1. The summed E-state index contributed by atoms with van der Waals surface area (Å²) in [5.41, 5.74) is 0.709. The SMILES string of the molecule is CC(C)(C)CCc1cc(=O)oc2c1C(O)NC(=O)N2. The molecule has 6 heteroatoms. The van der Waals surface area contributed by atoms with Crippen molar-refractivity contribution < 1.29 is 14.3 Å². The van der Waals surface area contributed by atoms with Crippen molar-refractivity contribution in [2.24, 2.45) is 5.41 Å². The average molecular weight is 266 g/mol. The van der Waals surface area contributed by atoms with Crippen LogP contribution in [-0.2, 0) is 6.42 Å². The third-order valence-corrected chi connectivity index (χ3v) is 3.00. The van der Waals surface area contributed by atoms with E-state index in [9.17, 15) is 14.7 Å². The summed E-state index contributed by atoms with van der Waals surface area (Å²) in [6, 6.07) is 0.781. The molecule has 0 saturated heterocycles. The third-order valence-electron chi connectivity index (χ3n) is 3.00. The fraction of sp³-hybridized carbons (Fsp3) is 0.538. The Kier molecular flexibility index (Phi) is 3.36. The van der Waals surface area contributed by atoms with Gasteiger partial charge in [-0.2, -0.15) is 0 Å². The Bertz CT molecular complexity index is 557. The number of hydrogen-bond donors (Lipinski definition) is 3. The Balaban J connectivity index is 2.39. The largest absolute Gasteiger partial charge is 0.406 e. The number of aliphatic hydroxyl groups excluding tert-OH is 1. The van der Waals surface area contributed by atoms with Gasteiger partial charge >= 0.3 is 11.7 Å². The number of amides is 2. The number of rotatable bonds is 2. The van der Waals surface area contributed by atoms with Gasteiger partial charge in [-0.3, -0.25) is 5.32 Å². The molecule has 0 saturated carbocycles. The van der Waals surface area contributed by atoms with Crippen LogP contribution in [0.25, 0.3) is 0 Å². The number of carbonyl (C=O) groups is 1. The van der Waals surface area contributed by atoms with Crippen LogP contribution in [0, 0.1) is 5.41 Å². The maximum absolute atomic E-state index is 11.5. The highest BCUT2D eigenvalue weighted by atomic mass is 16.4. The molecule has 1 aromatic rings. The highest BCUT2D eigenvalue weighted by Gasteiger charge is 2.28. The molecule has 0 radical (unpaired) electrons. The van der Waals surface area contributed by atoms with Crippen LogP contribution in [0.4, 0.5) is 10.7 Å². The Morgan fingerprint density at radius 3 is 2.68 bits per heavy atom. The van der Waals surface area contributed by atoms with Crippen molar-refractivity contribution in [1.29, 1.82) is 0 Å². The summed E-state index contributed by atoms with van der Waals surface area (Å²) in [4.78, 5) is 22.7. The van der Waals surface area contributed by atoms with E-state index in [1.165, 1.54) is 6.07 Å². The summed E-state index contributed by atoms with van der Waals surface area (Å²) in [5, 5.41) is 14.6. The molecule has 1 atom stereocenters. The molecule has 0 aromatic carbocycles. The maximum atomic E-state index is 11.5. The lowest BCUT2D eigenvalue weighted by Gasteiger charge is -2.25. The number of aliphatic hydroxyl groups is 1. The Morgan fingerprint density at radius 1 is 1.37 bits per heavy atom. The second-order valence-corrected chi connectivity index (χ2v) is 5.90. The molecule has 2 amide bonds. The molecular formula is C13H18N2O4. The summed E-state index contributed by atoms with van der Waals surface area (Å²) >= 11 is 0. The molecule has 1 aromatic heterocycles. The molecule has 0 aliphatic carbocycles. The number of hydrogen-bond acceptors (Lipinski definition) is 4. The van der Waals surface area contributed by atoms with Crippen molar-refractivity contribution >= 4 is 11.9 Å². The number of nitrogens with one attached hydrogen (secondary N) is 2. The first-order chi connectivity index (χ1) is 8.76. The molecule has 19 heavy (non-hydrogen) atoms. The van der Waals surface area contributed by atoms with Crippen LogP contribution in [0.2, 0.25) is 0 Å². The second-order valence-electron chi connectivity index (χ2n) is 5.90. The van der Waals surface area contributed by atoms with Crippen molar-refractivity contribution in [3.63, 3.8) is 0 Å². The number of fused-ring (bicyclic) bond motifs is 1. The lowest BCUT2D eigenvalue weighted by atomic mass is 9.87. The number of urea groups is 1. The molecule has 1 aliphatic heterocycles. The van der Waals surface area contributed by atoms with E-state index < -0.39 is 17.9 Å². The molecular weight excluding hydrogens is 248 g/mol. The van der Waals surface area contributed by atoms with Crippen LogP contribution < -0.4 is 16.3 Å². The average Bonchev–Trinajstić information content (AvgIpc) is 2.23. The zero-order valence-electron chi connectivity index (χ0n) is 11.2. The molecule has 104 valence electrons. The Labute approximate surface area is 110 Å². The Hall–Kier alpha value is -1.82. The zero-order valence-corrected chi connectivity index (χ0v) is 11.2. The molecule has 0 bridgehead atoms.